The summed E-state index contributed by atoms with van der Waals surface area (Å²) < 4.78 is 3.37. The molecule has 1 fully saturated rings. The number of hydrogen-bond acceptors (Lipinski definition) is 3. The third-order valence-corrected chi connectivity index (χ3v) is 7.71. The third kappa shape index (κ3) is 4.02. The molecule has 1 saturated carbocycles. The van der Waals surface area contributed by atoms with E-state index >= 15 is 0 Å². The van der Waals surface area contributed by atoms with Crippen molar-refractivity contribution in [2.75, 3.05) is 0 Å². The van der Waals surface area contributed by atoms with Gasteiger partial charge in [0.1, 0.15) is 12.1 Å². The molecule has 1 aliphatic rings. The number of hydrogen-bond donors (Lipinski definition) is 1. The molecule has 6 heteroatoms. The highest BCUT2D eigenvalue weighted by Gasteiger charge is 2.28. The molecule has 0 unspecified atom stereocenters. The molecule has 1 N–H and O–H groups in total. The van der Waals surface area contributed by atoms with E-state index in [1.807, 2.05) is 36.4 Å². The number of amides is 1. The number of aryl methyl sites for hydroxylation is 1. The molecule has 3 atom stereocenters. The molecule has 0 aliphatic heterocycles. The Kier molecular flexibility index (Phi) is 5.98. The molecular formula is C28H32N4O2. The predicted molar refractivity (Wildman–Crippen MR) is 136 cm³/mol. The Labute approximate surface area is 199 Å². The average molecular weight is 457 g/mol. The molecule has 0 spiro atoms. The zero-order chi connectivity index (χ0) is 23.8. The molecule has 6 nitrogen and oxygen atoms in total. The van der Waals surface area contributed by atoms with Crippen molar-refractivity contribution in [1.82, 2.24) is 19.7 Å². The minimum absolute atomic E-state index is 0.0712. The maximum Gasteiger partial charge on any atom is 0.291 e. The van der Waals surface area contributed by atoms with Gasteiger partial charge in [-0.15, -0.1) is 0 Å². The fourth-order valence-electron chi connectivity index (χ4n) is 5.40. The van der Waals surface area contributed by atoms with Gasteiger partial charge in [0, 0.05) is 28.9 Å². The van der Waals surface area contributed by atoms with Crippen molar-refractivity contribution in [1.29, 1.82) is 0 Å². The van der Waals surface area contributed by atoms with Gasteiger partial charge in [-0.25, -0.2) is 4.68 Å². The fourth-order valence-corrected chi connectivity index (χ4v) is 5.40. The van der Waals surface area contributed by atoms with E-state index in [-0.39, 0.29) is 24.1 Å². The third-order valence-electron chi connectivity index (χ3n) is 7.71. The second kappa shape index (κ2) is 9.09. The first-order valence-corrected chi connectivity index (χ1v) is 12.2. The molecule has 5 rings (SSSR count). The van der Waals surface area contributed by atoms with E-state index in [0.717, 1.165) is 34.7 Å². The number of fused-ring (bicyclic) bond motifs is 3. The molecule has 2 heterocycles. The zero-order valence-corrected chi connectivity index (χ0v) is 20.1. The Morgan fingerprint density at radius 2 is 1.82 bits per heavy atom. The van der Waals surface area contributed by atoms with Gasteiger partial charge >= 0.3 is 0 Å². The van der Waals surface area contributed by atoms with Gasteiger partial charge in [-0.1, -0.05) is 69.2 Å². The van der Waals surface area contributed by atoms with E-state index in [1.165, 1.54) is 16.7 Å². The Morgan fingerprint density at radius 1 is 1.06 bits per heavy atom. The van der Waals surface area contributed by atoms with Crippen LogP contribution in [-0.4, -0.2) is 26.3 Å². The summed E-state index contributed by atoms with van der Waals surface area (Å²) in [5, 5.41) is 9.37. The van der Waals surface area contributed by atoms with Crippen LogP contribution in [0.15, 0.2) is 59.5 Å². The summed E-state index contributed by atoms with van der Waals surface area (Å²) in [7, 11) is 0. The van der Waals surface area contributed by atoms with Crippen molar-refractivity contribution < 1.29 is 4.79 Å². The van der Waals surface area contributed by atoms with Crippen molar-refractivity contribution in [2.45, 2.75) is 59.2 Å². The van der Waals surface area contributed by atoms with E-state index in [2.05, 4.69) is 47.9 Å². The number of nitrogens with zero attached hydrogens (tertiary/aromatic N) is 3. The number of carbonyl (C=O) groups is 1. The number of benzene rings is 2. The first kappa shape index (κ1) is 22.4. The highest BCUT2D eigenvalue weighted by Crippen LogP contribution is 2.30. The molecule has 0 radical (unpaired) electrons. The normalized spacial score (nSPS) is 20.6. The summed E-state index contributed by atoms with van der Waals surface area (Å²) in [5.41, 5.74) is 3.69. The molecule has 4 aromatic rings. The van der Waals surface area contributed by atoms with Gasteiger partial charge in [0.15, 0.2) is 0 Å². The van der Waals surface area contributed by atoms with Crippen LogP contribution in [-0.2, 0) is 17.9 Å². The maximum atomic E-state index is 13.6. The summed E-state index contributed by atoms with van der Waals surface area (Å²) >= 11 is 0. The number of carbonyl (C=O) groups excluding carboxylic acids is 1. The topological polar surface area (TPSA) is 68.9 Å². The second-order valence-corrected chi connectivity index (χ2v) is 9.84. The van der Waals surface area contributed by atoms with Crippen molar-refractivity contribution in [3.63, 3.8) is 0 Å². The minimum Gasteiger partial charge on any atom is -0.351 e. The van der Waals surface area contributed by atoms with Gasteiger partial charge in [-0.3, -0.25) is 9.59 Å². The lowest BCUT2D eigenvalue weighted by atomic mass is 9.78. The molecule has 176 valence electrons. The minimum atomic E-state index is -0.234. The van der Waals surface area contributed by atoms with Crippen LogP contribution in [0.5, 0.6) is 0 Å². The number of aromatic nitrogens is 3. The van der Waals surface area contributed by atoms with Gasteiger partial charge in [0.25, 0.3) is 5.56 Å². The van der Waals surface area contributed by atoms with Crippen molar-refractivity contribution in [3.05, 3.63) is 76.2 Å². The Morgan fingerprint density at radius 3 is 2.65 bits per heavy atom. The first-order chi connectivity index (χ1) is 16.4. The van der Waals surface area contributed by atoms with Crippen LogP contribution in [0.1, 0.15) is 44.2 Å². The van der Waals surface area contributed by atoms with Gasteiger partial charge in [-0.2, -0.15) is 5.10 Å². The van der Waals surface area contributed by atoms with Gasteiger partial charge in [0.05, 0.1) is 6.20 Å². The zero-order valence-electron chi connectivity index (χ0n) is 20.1. The first-order valence-electron chi connectivity index (χ1n) is 12.2. The standard InChI is InChI=1S/C28H32N4O2/c1-18-10-8-13-24(20(18)3)30-26(33)17-32-28(34)27-23(15-29-32)22-12-6-7-14-25(22)31(27)16-21-11-5-4-9-19(21)2/h4-7,9,11-12,14-15,18,20,24H,8,10,13,16-17H2,1-3H3,(H,30,33)/t18-,20+,24+/m0/s1. The van der Waals surface area contributed by atoms with Crippen LogP contribution in [0.25, 0.3) is 21.8 Å². The maximum absolute atomic E-state index is 13.6. The Bertz CT molecular complexity index is 1420. The molecular weight excluding hydrogens is 424 g/mol. The predicted octanol–water partition coefficient (Wildman–Crippen LogP) is 4.65. The van der Waals surface area contributed by atoms with E-state index in [9.17, 15) is 9.59 Å². The molecule has 0 bridgehead atoms. The van der Waals surface area contributed by atoms with Crippen LogP contribution in [0.3, 0.4) is 0 Å². The van der Waals surface area contributed by atoms with Gasteiger partial charge in [-0.05, 0) is 42.4 Å². The van der Waals surface area contributed by atoms with Crippen LogP contribution >= 0.6 is 0 Å². The molecule has 34 heavy (non-hydrogen) atoms. The summed E-state index contributed by atoms with van der Waals surface area (Å²) in [4.78, 5) is 26.5. The van der Waals surface area contributed by atoms with E-state index in [4.69, 9.17) is 0 Å². The Hall–Kier alpha value is -3.41. The number of rotatable bonds is 5. The average Bonchev–Trinajstić information content (AvgIpc) is 3.14. The molecule has 1 amide bonds. The smallest absolute Gasteiger partial charge is 0.291 e. The molecule has 0 saturated heterocycles. The lowest BCUT2D eigenvalue weighted by molar-refractivity contribution is -0.123. The van der Waals surface area contributed by atoms with E-state index in [0.29, 0.717) is 23.9 Å². The highest BCUT2D eigenvalue weighted by molar-refractivity contribution is 6.07. The number of nitrogens with one attached hydrogen (secondary N) is 1. The van der Waals surface area contributed by atoms with Crippen molar-refractivity contribution in [3.8, 4) is 0 Å². The Balaban J connectivity index is 1.52. The van der Waals surface area contributed by atoms with Crippen molar-refractivity contribution >= 4 is 27.7 Å². The summed E-state index contributed by atoms with van der Waals surface area (Å²) in [6.45, 7) is 7.05. The summed E-state index contributed by atoms with van der Waals surface area (Å²) in [6, 6.07) is 16.4. The molecule has 2 aromatic carbocycles. The summed E-state index contributed by atoms with van der Waals surface area (Å²) in [5.74, 6) is 0.872. The summed E-state index contributed by atoms with van der Waals surface area (Å²) in [6.07, 6.45) is 5.05. The fraction of sp³-hybridized carbons (Fsp3) is 0.393. The molecule has 2 aromatic heterocycles. The van der Waals surface area contributed by atoms with E-state index < -0.39 is 0 Å². The number of para-hydroxylation sites is 1. The van der Waals surface area contributed by atoms with Crippen molar-refractivity contribution in [2.24, 2.45) is 11.8 Å². The largest absolute Gasteiger partial charge is 0.351 e. The van der Waals surface area contributed by atoms with Gasteiger partial charge < -0.3 is 9.88 Å². The van der Waals surface area contributed by atoms with Crippen LogP contribution in [0.2, 0.25) is 0 Å². The molecule has 1 aliphatic carbocycles. The lowest BCUT2D eigenvalue weighted by Crippen LogP contribution is -2.45. The van der Waals surface area contributed by atoms with Crippen LogP contribution in [0.4, 0.5) is 0 Å². The lowest BCUT2D eigenvalue weighted by Gasteiger charge is -2.34. The SMILES string of the molecule is Cc1ccccc1Cn1c2ccccc2c2cnn(CC(=O)N[C@@H]3CCC[C@H](C)[C@H]3C)c(=O)c21. The second-order valence-electron chi connectivity index (χ2n) is 9.84. The van der Waals surface area contributed by atoms with Gasteiger partial charge in [0.2, 0.25) is 5.91 Å². The van der Waals surface area contributed by atoms with Crippen LogP contribution in [0, 0.1) is 18.8 Å². The van der Waals surface area contributed by atoms with Crippen LogP contribution < -0.4 is 10.9 Å². The highest BCUT2D eigenvalue weighted by atomic mass is 16.2. The monoisotopic (exact) mass is 456 g/mol. The van der Waals surface area contributed by atoms with E-state index in [1.54, 1.807) is 6.20 Å². The quantitative estimate of drug-likeness (QED) is 0.475.